The molecule has 25 heavy (non-hydrogen) atoms. The molecule has 0 saturated carbocycles. The highest BCUT2D eigenvalue weighted by Gasteiger charge is 2.26. The van der Waals surface area contributed by atoms with Gasteiger partial charge in [0.05, 0.1) is 18.9 Å². The lowest BCUT2D eigenvalue weighted by Gasteiger charge is -2.11. The van der Waals surface area contributed by atoms with Crippen molar-refractivity contribution in [3.8, 4) is 11.5 Å². The maximum atomic E-state index is 12.3. The Hall–Kier alpha value is -2.67. The van der Waals surface area contributed by atoms with Gasteiger partial charge in [-0.15, -0.1) is 0 Å². The quantitative estimate of drug-likeness (QED) is 0.708. The van der Waals surface area contributed by atoms with Crippen molar-refractivity contribution in [2.75, 3.05) is 19.5 Å². The van der Waals surface area contributed by atoms with Gasteiger partial charge in [-0.05, 0) is 30.3 Å². The Morgan fingerprint density at radius 2 is 2.24 bits per heavy atom. The molecule has 1 unspecified atom stereocenters. The number of ether oxygens (including phenoxy) is 2. The van der Waals surface area contributed by atoms with E-state index in [1.54, 1.807) is 7.11 Å². The largest absolute Gasteiger partial charge is 0.497 e. The van der Waals surface area contributed by atoms with Crippen LogP contribution in [0, 0.1) is 0 Å². The van der Waals surface area contributed by atoms with E-state index >= 15 is 0 Å². The van der Waals surface area contributed by atoms with Crippen LogP contribution in [0.3, 0.4) is 0 Å². The minimum Gasteiger partial charge on any atom is -0.497 e. The van der Waals surface area contributed by atoms with E-state index in [4.69, 9.17) is 13.9 Å². The zero-order valence-electron chi connectivity index (χ0n) is 13.5. The average Bonchev–Trinajstić information content (AvgIpc) is 3.23. The highest BCUT2D eigenvalue weighted by Crippen LogP contribution is 2.35. The SMILES string of the molecule is COc1ccc2c(c1)C(NC(=O)CSc1nc3ccccc3o1)CO2. The monoisotopic (exact) mass is 356 g/mol. The Bertz CT molecular complexity index is 891. The van der Waals surface area contributed by atoms with E-state index in [1.165, 1.54) is 11.8 Å². The minimum absolute atomic E-state index is 0.100. The van der Waals surface area contributed by atoms with Gasteiger partial charge in [0, 0.05) is 5.56 Å². The maximum Gasteiger partial charge on any atom is 0.257 e. The average molecular weight is 356 g/mol. The van der Waals surface area contributed by atoms with E-state index in [-0.39, 0.29) is 17.7 Å². The van der Waals surface area contributed by atoms with E-state index in [2.05, 4.69) is 10.3 Å². The molecule has 2 aromatic carbocycles. The topological polar surface area (TPSA) is 73.6 Å². The number of para-hydroxylation sites is 2. The normalized spacial score (nSPS) is 15.6. The van der Waals surface area contributed by atoms with Crippen LogP contribution in [0.5, 0.6) is 11.5 Å². The molecule has 1 amide bonds. The molecule has 1 aliphatic heterocycles. The van der Waals surface area contributed by atoms with Crippen LogP contribution in [-0.2, 0) is 4.79 Å². The fourth-order valence-corrected chi connectivity index (χ4v) is 3.37. The van der Waals surface area contributed by atoms with Crippen LogP contribution < -0.4 is 14.8 Å². The molecule has 6 nitrogen and oxygen atoms in total. The van der Waals surface area contributed by atoms with Crippen LogP contribution in [0.25, 0.3) is 11.1 Å². The molecule has 3 aromatic rings. The van der Waals surface area contributed by atoms with E-state index in [0.29, 0.717) is 11.8 Å². The Kier molecular flexibility index (Phi) is 4.23. The second-order valence-electron chi connectivity index (χ2n) is 5.57. The van der Waals surface area contributed by atoms with E-state index < -0.39 is 0 Å². The minimum atomic E-state index is -0.179. The molecule has 0 aliphatic carbocycles. The number of fused-ring (bicyclic) bond motifs is 2. The van der Waals surface area contributed by atoms with Gasteiger partial charge >= 0.3 is 0 Å². The van der Waals surface area contributed by atoms with E-state index in [1.807, 2.05) is 42.5 Å². The van der Waals surface area contributed by atoms with Crippen LogP contribution in [0.15, 0.2) is 52.1 Å². The fraction of sp³-hybridized carbons (Fsp3) is 0.222. The van der Waals surface area contributed by atoms with Gasteiger partial charge in [-0.25, -0.2) is 4.98 Å². The first-order chi connectivity index (χ1) is 12.2. The van der Waals surface area contributed by atoms with Gasteiger partial charge in [0.25, 0.3) is 5.22 Å². The van der Waals surface area contributed by atoms with Crippen molar-refractivity contribution in [3.63, 3.8) is 0 Å². The Morgan fingerprint density at radius 3 is 3.08 bits per heavy atom. The summed E-state index contributed by atoms with van der Waals surface area (Å²) in [7, 11) is 1.61. The smallest absolute Gasteiger partial charge is 0.257 e. The lowest BCUT2D eigenvalue weighted by Crippen LogP contribution is -2.30. The van der Waals surface area contributed by atoms with E-state index in [9.17, 15) is 4.79 Å². The number of carbonyl (C=O) groups is 1. The van der Waals surface area contributed by atoms with Gasteiger partial charge in [0.1, 0.15) is 23.6 Å². The second-order valence-corrected chi connectivity index (χ2v) is 6.50. The van der Waals surface area contributed by atoms with Crippen LogP contribution in [-0.4, -0.2) is 30.4 Å². The summed E-state index contributed by atoms with van der Waals surface area (Å²) >= 11 is 1.27. The fourth-order valence-electron chi connectivity index (χ4n) is 2.72. The van der Waals surface area contributed by atoms with Gasteiger partial charge in [-0.1, -0.05) is 23.9 Å². The summed E-state index contributed by atoms with van der Waals surface area (Å²) in [6, 6.07) is 12.9. The highest BCUT2D eigenvalue weighted by molar-refractivity contribution is 7.99. The summed E-state index contributed by atoms with van der Waals surface area (Å²) in [5.41, 5.74) is 2.44. The van der Waals surface area contributed by atoms with Gasteiger partial charge in [0.15, 0.2) is 5.58 Å². The van der Waals surface area contributed by atoms with Gasteiger partial charge in [0.2, 0.25) is 5.91 Å². The molecule has 1 atom stereocenters. The third-order valence-corrected chi connectivity index (χ3v) is 4.76. The first kappa shape index (κ1) is 15.8. The number of methoxy groups -OCH3 is 1. The molecule has 1 N–H and O–H groups in total. The molecular formula is C18H16N2O4S. The second kappa shape index (κ2) is 6.68. The summed E-state index contributed by atoms with van der Waals surface area (Å²) in [4.78, 5) is 16.6. The predicted molar refractivity (Wildman–Crippen MR) is 94.1 cm³/mol. The van der Waals surface area contributed by atoms with Gasteiger partial charge in [-0.3, -0.25) is 4.79 Å². The van der Waals surface area contributed by atoms with Crippen molar-refractivity contribution in [1.82, 2.24) is 10.3 Å². The summed E-state index contributed by atoms with van der Waals surface area (Å²) in [6.07, 6.45) is 0. The van der Waals surface area contributed by atoms with Crippen molar-refractivity contribution in [2.24, 2.45) is 0 Å². The number of nitrogens with one attached hydrogen (secondary N) is 1. The van der Waals surface area contributed by atoms with Gasteiger partial charge in [-0.2, -0.15) is 0 Å². The van der Waals surface area contributed by atoms with Crippen molar-refractivity contribution in [1.29, 1.82) is 0 Å². The molecule has 0 spiro atoms. The standard InChI is InChI=1S/C18H16N2O4S/c1-22-11-6-7-15-12(8-11)14(9-23-15)19-17(21)10-25-18-20-13-4-2-3-5-16(13)24-18/h2-8,14H,9-10H2,1H3,(H,19,21). The number of benzene rings is 2. The third-order valence-electron chi connectivity index (χ3n) is 3.93. The lowest BCUT2D eigenvalue weighted by atomic mass is 10.1. The maximum absolute atomic E-state index is 12.3. The third kappa shape index (κ3) is 3.28. The van der Waals surface area contributed by atoms with Crippen molar-refractivity contribution in [3.05, 3.63) is 48.0 Å². The number of thioether (sulfide) groups is 1. The molecule has 0 fully saturated rings. The van der Waals surface area contributed by atoms with Crippen LogP contribution in [0.1, 0.15) is 11.6 Å². The number of hydrogen-bond donors (Lipinski definition) is 1. The van der Waals surface area contributed by atoms with E-state index in [0.717, 1.165) is 28.2 Å². The first-order valence-corrected chi connectivity index (χ1v) is 8.80. The zero-order chi connectivity index (χ0) is 17.2. The molecular weight excluding hydrogens is 340 g/mol. The van der Waals surface area contributed by atoms with Crippen molar-refractivity contribution in [2.45, 2.75) is 11.3 Å². The molecule has 0 saturated heterocycles. The lowest BCUT2D eigenvalue weighted by molar-refractivity contribution is -0.119. The number of hydrogen-bond acceptors (Lipinski definition) is 6. The van der Waals surface area contributed by atoms with Crippen LogP contribution in [0.4, 0.5) is 0 Å². The highest BCUT2D eigenvalue weighted by atomic mass is 32.2. The number of aromatic nitrogens is 1. The predicted octanol–water partition coefficient (Wildman–Crippen LogP) is 3.18. The molecule has 1 aliphatic rings. The van der Waals surface area contributed by atoms with Crippen molar-refractivity contribution < 1.29 is 18.7 Å². The number of oxazole rings is 1. The molecule has 0 bridgehead atoms. The number of rotatable bonds is 5. The number of nitrogens with zero attached hydrogens (tertiary/aromatic N) is 1. The van der Waals surface area contributed by atoms with Crippen LogP contribution in [0.2, 0.25) is 0 Å². The zero-order valence-corrected chi connectivity index (χ0v) is 14.3. The van der Waals surface area contributed by atoms with Gasteiger partial charge < -0.3 is 19.2 Å². The van der Waals surface area contributed by atoms with Crippen molar-refractivity contribution >= 4 is 28.8 Å². The molecule has 128 valence electrons. The summed E-state index contributed by atoms with van der Waals surface area (Å²) in [5, 5.41) is 3.47. The Morgan fingerprint density at radius 1 is 1.36 bits per heavy atom. The summed E-state index contributed by atoms with van der Waals surface area (Å²) in [6.45, 7) is 0.418. The first-order valence-electron chi connectivity index (χ1n) is 7.81. The molecule has 7 heteroatoms. The molecule has 4 rings (SSSR count). The number of amides is 1. The summed E-state index contributed by atoms with van der Waals surface area (Å²) in [5.74, 6) is 1.64. The van der Waals surface area contributed by atoms with Crippen LogP contribution >= 0.6 is 11.8 Å². The Balaban J connectivity index is 1.38. The Labute approximate surface area is 148 Å². The number of carbonyl (C=O) groups excluding carboxylic acids is 1. The molecule has 1 aromatic heterocycles. The summed E-state index contributed by atoms with van der Waals surface area (Å²) < 4.78 is 16.4. The molecule has 0 radical (unpaired) electrons. The molecule has 2 heterocycles.